The minimum absolute atomic E-state index is 0.678. The van der Waals surface area contributed by atoms with Crippen molar-refractivity contribution < 1.29 is 35.3 Å². The lowest BCUT2D eigenvalue weighted by atomic mass is 9.91. The zero-order chi connectivity index (χ0) is 12.9. The molecular formula is C8H17BO7. The van der Waals surface area contributed by atoms with Crippen LogP contribution in [0.15, 0.2) is 0 Å². The molecule has 0 amide bonds. The van der Waals surface area contributed by atoms with Crippen LogP contribution in [0.25, 0.3) is 0 Å². The number of aliphatic hydroxyl groups is 6. The Morgan fingerprint density at radius 1 is 1.19 bits per heavy atom. The van der Waals surface area contributed by atoms with Gasteiger partial charge in [-0.2, -0.15) is 0 Å². The predicted octanol–water partition coefficient (Wildman–Crippen LogP) is -3.73. The highest BCUT2D eigenvalue weighted by Gasteiger charge is 2.40. The number of aliphatic hydroxyl groups excluding tert-OH is 5. The molecule has 0 bridgehead atoms. The molecule has 16 heavy (non-hydrogen) atoms. The monoisotopic (exact) mass is 236 g/mol. The van der Waals surface area contributed by atoms with Crippen molar-refractivity contribution in [2.75, 3.05) is 13.2 Å². The van der Waals surface area contributed by atoms with Gasteiger partial charge in [-0.15, -0.1) is 0 Å². The summed E-state index contributed by atoms with van der Waals surface area (Å²) in [6.45, 7) is -0.418. The molecule has 0 fully saturated rings. The minimum Gasteiger partial charge on any atom is -0.440 e. The van der Waals surface area contributed by atoms with E-state index < -0.39 is 43.2 Å². The van der Waals surface area contributed by atoms with Crippen LogP contribution in [0.3, 0.4) is 0 Å². The highest BCUT2D eigenvalue weighted by Crippen LogP contribution is 2.17. The van der Waals surface area contributed by atoms with Crippen molar-refractivity contribution >= 4 is 8.05 Å². The summed E-state index contributed by atoms with van der Waals surface area (Å²) in [5.74, 6) is 0. The van der Waals surface area contributed by atoms with Crippen LogP contribution in [0, 0.1) is 0 Å². The maximum Gasteiger partial charge on any atom is 0.283 e. The Hall–Kier alpha value is -0.215. The van der Waals surface area contributed by atoms with Crippen LogP contribution in [0.4, 0.5) is 0 Å². The predicted molar refractivity (Wildman–Crippen MR) is 53.4 cm³/mol. The topological polar surface area (TPSA) is 131 Å². The first-order chi connectivity index (χ1) is 7.31. The third-order valence-electron chi connectivity index (χ3n) is 2.37. The Bertz CT molecular complexity index is 197. The molecule has 0 aromatic rings. The standard InChI is InChI=1S/C8H17BO7/c1-8(15,3-11)7(14)6(13)5(12)4(2-10)16-9/h4-7,10-15H,2-3H2,1H3. The second-order valence-corrected chi connectivity index (χ2v) is 3.80. The van der Waals surface area contributed by atoms with Crippen LogP contribution < -0.4 is 0 Å². The van der Waals surface area contributed by atoms with Gasteiger partial charge in [0.2, 0.25) is 0 Å². The van der Waals surface area contributed by atoms with Gasteiger partial charge in [0.05, 0.1) is 19.3 Å². The van der Waals surface area contributed by atoms with E-state index in [9.17, 15) is 20.4 Å². The first kappa shape index (κ1) is 15.8. The van der Waals surface area contributed by atoms with Gasteiger partial charge in [0.15, 0.2) is 0 Å². The first-order valence-electron chi connectivity index (χ1n) is 4.65. The van der Waals surface area contributed by atoms with E-state index in [1.165, 1.54) is 0 Å². The van der Waals surface area contributed by atoms with Crippen LogP contribution >= 0.6 is 0 Å². The second kappa shape index (κ2) is 6.50. The van der Waals surface area contributed by atoms with Crippen LogP contribution in [0.1, 0.15) is 6.92 Å². The minimum atomic E-state index is -1.99. The van der Waals surface area contributed by atoms with Crippen LogP contribution in [0.2, 0.25) is 0 Å². The smallest absolute Gasteiger partial charge is 0.283 e. The van der Waals surface area contributed by atoms with Gasteiger partial charge in [-0.25, -0.2) is 0 Å². The van der Waals surface area contributed by atoms with Crippen LogP contribution in [-0.2, 0) is 4.65 Å². The van der Waals surface area contributed by atoms with Crippen molar-refractivity contribution in [3.8, 4) is 0 Å². The molecule has 0 aliphatic heterocycles. The molecule has 6 N–H and O–H groups in total. The van der Waals surface area contributed by atoms with Gasteiger partial charge in [0, 0.05) is 0 Å². The summed E-state index contributed by atoms with van der Waals surface area (Å²) >= 11 is 0. The molecule has 7 nitrogen and oxygen atoms in total. The molecule has 94 valence electrons. The quantitative estimate of drug-likeness (QED) is 0.250. The Morgan fingerprint density at radius 2 is 1.69 bits per heavy atom. The Kier molecular flexibility index (Phi) is 6.42. The van der Waals surface area contributed by atoms with Gasteiger partial charge in [0.25, 0.3) is 8.05 Å². The van der Waals surface area contributed by atoms with Crippen molar-refractivity contribution in [1.29, 1.82) is 0 Å². The summed E-state index contributed by atoms with van der Waals surface area (Å²) < 4.78 is 4.16. The van der Waals surface area contributed by atoms with E-state index in [0.717, 1.165) is 6.92 Å². The highest BCUT2D eigenvalue weighted by atomic mass is 16.5. The molecule has 0 saturated carbocycles. The normalized spacial score (nSPS) is 23.2. The summed E-state index contributed by atoms with van der Waals surface area (Å²) in [6, 6.07) is 0. The molecule has 0 heterocycles. The molecule has 0 aromatic carbocycles. The summed E-state index contributed by atoms with van der Waals surface area (Å²) in [7, 11) is 4.74. The SMILES string of the molecule is [B]OC(CO)C(O)C(O)C(O)C(C)(O)CO. The Labute approximate surface area is 94.4 Å². The molecule has 0 spiro atoms. The zero-order valence-electron chi connectivity index (χ0n) is 8.89. The largest absolute Gasteiger partial charge is 0.440 e. The lowest BCUT2D eigenvalue weighted by Crippen LogP contribution is -2.56. The molecular weight excluding hydrogens is 219 g/mol. The van der Waals surface area contributed by atoms with Gasteiger partial charge in [-0.1, -0.05) is 0 Å². The molecule has 5 atom stereocenters. The molecule has 2 radical (unpaired) electrons. The van der Waals surface area contributed by atoms with Gasteiger partial charge in [-0.05, 0) is 6.92 Å². The zero-order valence-corrected chi connectivity index (χ0v) is 8.89. The second-order valence-electron chi connectivity index (χ2n) is 3.80. The molecule has 0 rings (SSSR count). The maximum absolute atomic E-state index is 9.47. The number of hydrogen-bond donors (Lipinski definition) is 6. The van der Waals surface area contributed by atoms with Gasteiger partial charge in [0.1, 0.15) is 23.9 Å². The summed E-state index contributed by atoms with van der Waals surface area (Å²) in [5, 5.41) is 55.3. The molecule has 0 saturated heterocycles. The van der Waals surface area contributed by atoms with Crippen molar-refractivity contribution in [1.82, 2.24) is 0 Å². The lowest BCUT2D eigenvalue weighted by Gasteiger charge is -2.34. The average Bonchev–Trinajstić information content (AvgIpc) is 2.28. The molecule has 5 unspecified atom stereocenters. The van der Waals surface area contributed by atoms with E-state index in [0.29, 0.717) is 0 Å². The van der Waals surface area contributed by atoms with E-state index in [2.05, 4.69) is 4.65 Å². The van der Waals surface area contributed by atoms with Crippen molar-refractivity contribution in [3.63, 3.8) is 0 Å². The van der Waals surface area contributed by atoms with E-state index in [4.69, 9.17) is 18.3 Å². The lowest BCUT2D eigenvalue weighted by molar-refractivity contribution is -0.174. The van der Waals surface area contributed by atoms with Crippen molar-refractivity contribution in [3.05, 3.63) is 0 Å². The Balaban J connectivity index is 4.59. The third-order valence-corrected chi connectivity index (χ3v) is 2.37. The Morgan fingerprint density at radius 3 is 2.00 bits per heavy atom. The van der Waals surface area contributed by atoms with Gasteiger partial charge < -0.3 is 35.3 Å². The van der Waals surface area contributed by atoms with Crippen molar-refractivity contribution in [2.45, 2.75) is 36.9 Å². The highest BCUT2D eigenvalue weighted by molar-refractivity contribution is 5.98. The summed E-state index contributed by atoms with van der Waals surface area (Å²) in [4.78, 5) is 0. The fraction of sp³-hybridized carbons (Fsp3) is 1.00. The maximum atomic E-state index is 9.47. The molecule has 8 heteroatoms. The van der Waals surface area contributed by atoms with Gasteiger partial charge >= 0.3 is 0 Å². The van der Waals surface area contributed by atoms with E-state index >= 15 is 0 Å². The first-order valence-corrected chi connectivity index (χ1v) is 4.65. The van der Waals surface area contributed by atoms with E-state index in [-0.39, 0.29) is 0 Å². The molecule has 0 aliphatic rings. The van der Waals surface area contributed by atoms with E-state index in [1.54, 1.807) is 0 Å². The number of rotatable bonds is 7. The van der Waals surface area contributed by atoms with Crippen LogP contribution in [0.5, 0.6) is 0 Å². The average molecular weight is 236 g/mol. The van der Waals surface area contributed by atoms with E-state index in [1.807, 2.05) is 0 Å². The van der Waals surface area contributed by atoms with Crippen molar-refractivity contribution in [2.24, 2.45) is 0 Å². The fourth-order valence-corrected chi connectivity index (χ4v) is 1.10. The number of hydrogen-bond acceptors (Lipinski definition) is 7. The fourth-order valence-electron chi connectivity index (χ4n) is 1.10. The summed E-state index contributed by atoms with van der Waals surface area (Å²) in [5.41, 5.74) is -1.99. The summed E-state index contributed by atoms with van der Waals surface area (Å²) in [6.07, 6.45) is -6.67. The van der Waals surface area contributed by atoms with Crippen LogP contribution in [-0.4, -0.2) is 81.9 Å². The van der Waals surface area contributed by atoms with Gasteiger partial charge in [-0.3, -0.25) is 0 Å². The molecule has 0 aromatic heterocycles. The third kappa shape index (κ3) is 3.67. The molecule has 0 aliphatic carbocycles.